The first kappa shape index (κ1) is 11.5. The lowest BCUT2D eigenvalue weighted by Gasteiger charge is -2.08. The van der Waals surface area contributed by atoms with Gasteiger partial charge in [-0.3, -0.25) is 4.21 Å². The Kier molecular flexibility index (Phi) is 2.98. The molecule has 0 aliphatic carbocycles. The first-order chi connectivity index (χ1) is 7.49. The minimum Gasteiger partial charge on any atom is -0.396 e. The van der Waals surface area contributed by atoms with E-state index in [1.54, 1.807) is 12.1 Å². The minimum absolute atomic E-state index is 0.0321. The van der Waals surface area contributed by atoms with E-state index in [0.717, 1.165) is 0 Å². The standard InChI is InChI=1S/C9H12N2O3S2/c10-8-2-1-4-11-9(8)15(12)7-3-5-16(13,14)6-7/h1-2,4,7H,3,5-6,10H2. The van der Waals surface area contributed by atoms with E-state index in [1.807, 2.05) is 0 Å². The van der Waals surface area contributed by atoms with Gasteiger partial charge in [0.25, 0.3) is 0 Å². The Morgan fingerprint density at radius 3 is 2.81 bits per heavy atom. The molecule has 5 nitrogen and oxygen atoms in total. The van der Waals surface area contributed by atoms with Gasteiger partial charge in [0.15, 0.2) is 9.84 Å². The SMILES string of the molecule is Nc1cccnc1S(=O)C1CCS(=O)(=O)C1. The van der Waals surface area contributed by atoms with E-state index in [0.29, 0.717) is 17.1 Å². The van der Waals surface area contributed by atoms with Crippen LogP contribution < -0.4 is 5.73 Å². The lowest BCUT2D eigenvalue weighted by molar-refractivity contribution is 0.602. The highest BCUT2D eigenvalue weighted by Crippen LogP contribution is 2.23. The number of anilines is 1. The molecule has 88 valence electrons. The molecular formula is C9H12N2O3S2. The first-order valence-electron chi connectivity index (χ1n) is 4.81. The molecule has 1 aromatic rings. The lowest BCUT2D eigenvalue weighted by Crippen LogP contribution is -2.18. The van der Waals surface area contributed by atoms with Gasteiger partial charge in [0.05, 0.1) is 33.2 Å². The van der Waals surface area contributed by atoms with Crippen molar-refractivity contribution >= 4 is 26.3 Å². The van der Waals surface area contributed by atoms with E-state index < -0.39 is 20.6 Å². The van der Waals surface area contributed by atoms with E-state index in [4.69, 9.17) is 5.73 Å². The van der Waals surface area contributed by atoms with Crippen molar-refractivity contribution < 1.29 is 12.6 Å². The van der Waals surface area contributed by atoms with Crippen LogP contribution in [0, 0.1) is 0 Å². The summed E-state index contributed by atoms with van der Waals surface area (Å²) in [5.74, 6) is 0.0752. The average molecular weight is 260 g/mol. The molecule has 2 unspecified atom stereocenters. The number of hydrogen-bond donors (Lipinski definition) is 1. The summed E-state index contributed by atoms with van der Waals surface area (Å²) in [6.45, 7) is 0. The molecule has 0 amide bonds. The van der Waals surface area contributed by atoms with E-state index in [-0.39, 0.29) is 16.8 Å². The Balaban J connectivity index is 2.25. The summed E-state index contributed by atoms with van der Waals surface area (Å²) < 4.78 is 34.6. The van der Waals surface area contributed by atoms with Gasteiger partial charge < -0.3 is 5.73 Å². The molecule has 7 heteroatoms. The zero-order chi connectivity index (χ0) is 11.8. The van der Waals surface area contributed by atoms with Crippen molar-refractivity contribution in [2.45, 2.75) is 16.7 Å². The third kappa shape index (κ3) is 2.25. The monoisotopic (exact) mass is 260 g/mol. The fraction of sp³-hybridized carbons (Fsp3) is 0.444. The molecule has 16 heavy (non-hydrogen) atoms. The fourth-order valence-electron chi connectivity index (χ4n) is 1.66. The van der Waals surface area contributed by atoms with Gasteiger partial charge in [-0.1, -0.05) is 0 Å². The van der Waals surface area contributed by atoms with Gasteiger partial charge in [-0.2, -0.15) is 0 Å². The zero-order valence-corrected chi connectivity index (χ0v) is 10.1. The van der Waals surface area contributed by atoms with E-state index in [9.17, 15) is 12.6 Å². The van der Waals surface area contributed by atoms with Crippen LogP contribution in [-0.4, -0.2) is 34.4 Å². The van der Waals surface area contributed by atoms with Crippen LogP contribution >= 0.6 is 0 Å². The highest BCUT2D eigenvalue weighted by atomic mass is 32.2. The molecule has 2 atom stereocenters. The van der Waals surface area contributed by atoms with Gasteiger partial charge >= 0.3 is 0 Å². The summed E-state index contributed by atoms with van der Waals surface area (Å²) in [5.41, 5.74) is 6.00. The molecule has 0 bridgehead atoms. The van der Waals surface area contributed by atoms with Gasteiger partial charge in [-0.05, 0) is 18.6 Å². The van der Waals surface area contributed by atoms with Crippen LogP contribution in [0.15, 0.2) is 23.4 Å². The van der Waals surface area contributed by atoms with Crippen LogP contribution in [0.4, 0.5) is 5.69 Å². The molecule has 0 spiro atoms. The third-order valence-corrected chi connectivity index (χ3v) is 6.19. The fourth-order valence-corrected chi connectivity index (χ4v) is 5.58. The molecular weight excluding hydrogens is 248 g/mol. The van der Waals surface area contributed by atoms with Gasteiger partial charge in [0.2, 0.25) is 0 Å². The molecule has 1 aliphatic heterocycles. The van der Waals surface area contributed by atoms with E-state index >= 15 is 0 Å². The normalized spacial score (nSPS) is 25.4. The summed E-state index contributed by atoms with van der Waals surface area (Å²) in [4.78, 5) is 3.95. The van der Waals surface area contributed by atoms with Crippen molar-refractivity contribution in [2.75, 3.05) is 17.2 Å². The molecule has 0 saturated carbocycles. The first-order valence-corrected chi connectivity index (χ1v) is 7.84. The maximum atomic E-state index is 12.1. The van der Waals surface area contributed by atoms with Gasteiger partial charge in [-0.15, -0.1) is 0 Å². The van der Waals surface area contributed by atoms with Gasteiger partial charge in [0, 0.05) is 6.20 Å². The topological polar surface area (TPSA) is 90.1 Å². The van der Waals surface area contributed by atoms with Crippen LogP contribution in [0.3, 0.4) is 0 Å². The summed E-state index contributed by atoms with van der Waals surface area (Å²) in [6, 6.07) is 3.27. The Morgan fingerprint density at radius 1 is 1.50 bits per heavy atom. The second-order valence-corrected chi connectivity index (χ2v) is 7.60. The molecule has 0 aromatic carbocycles. The van der Waals surface area contributed by atoms with Crippen molar-refractivity contribution in [1.29, 1.82) is 0 Å². The summed E-state index contributed by atoms with van der Waals surface area (Å²) in [7, 11) is -4.46. The van der Waals surface area contributed by atoms with Crippen LogP contribution in [0.5, 0.6) is 0 Å². The zero-order valence-electron chi connectivity index (χ0n) is 8.50. The summed E-state index contributed by atoms with van der Waals surface area (Å²) in [5, 5.41) is -0.0770. The quantitative estimate of drug-likeness (QED) is 0.805. The van der Waals surface area contributed by atoms with Crippen LogP contribution in [0.2, 0.25) is 0 Å². The predicted molar refractivity (Wildman–Crippen MR) is 62.1 cm³/mol. The largest absolute Gasteiger partial charge is 0.396 e. The Labute approximate surface area is 96.4 Å². The Hall–Kier alpha value is -0.950. The predicted octanol–water partition coefficient (Wildman–Crippen LogP) is -0.0415. The molecule has 1 saturated heterocycles. The smallest absolute Gasteiger partial charge is 0.151 e. The molecule has 2 N–H and O–H groups in total. The average Bonchev–Trinajstić information content (AvgIpc) is 2.59. The number of nitrogens with two attached hydrogens (primary N) is 1. The van der Waals surface area contributed by atoms with Crippen molar-refractivity contribution in [3.05, 3.63) is 18.3 Å². The number of hydrogen-bond acceptors (Lipinski definition) is 5. The van der Waals surface area contributed by atoms with Crippen molar-refractivity contribution in [3.63, 3.8) is 0 Å². The van der Waals surface area contributed by atoms with Gasteiger partial charge in [0.1, 0.15) is 5.03 Å². The highest BCUT2D eigenvalue weighted by molar-refractivity contribution is 7.94. The Bertz CT molecular complexity index is 527. The lowest BCUT2D eigenvalue weighted by atomic mass is 10.4. The van der Waals surface area contributed by atoms with Gasteiger partial charge in [-0.25, -0.2) is 13.4 Å². The molecule has 1 aromatic heterocycles. The van der Waals surface area contributed by atoms with Crippen LogP contribution in [0.1, 0.15) is 6.42 Å². The minimum atomic E-state index is -3.02. The molecule has 1 fully saturated rings. The van der Waals surface area contributed by atoms with Crippen molar-refractivity contribution in [2.24, 2.45) is 0 Å². The maximum Gasteiger partial charge on any atom is 0.151 e. The van der Waals surface area contributed by atoms with Crippen molar-refractivity contribution in [1.82, 2.24) is 4.98 Å². The highest BCUT2D eigenvalue weighted by Gasteiger charge is 2.33. The number of aromatic nitrogens is 1. The number of pyridine rings is 1. The summed E-state index contributed by atoms with van der Waals surface area (Å²) >= 11 is 0. The number of nitrogen functional groups attached to an aromatic ring is 1. The van der Waals surface area contributed by atoms with E-state index in [1.165, 1.54) is 6.20 Å². The second-order valence-electron chi connectivity index (χ2n) is 3.72. The number of sulfone groups is 1. The molecule has 0 radical (unpaired) electrons. The number of rotatable bonds is 2. The molecule has 2 rings (SSSR count). The van der Waals surface area contributed by atoms with Crippen LogP contribution in [0.25, 0.3) is 0 Å². The number of nitrogens with zero attached hydrogens (tertiary/aromatic N) is 1. The maximum absolute atomic E-state index is 12.1. The third-order valence-electron chi connectivity index (χ3n) is 2.48. The second kappa shape index (κ2) is 4.14. The van der Waals surface area contributed by atoms with Crippen LogP contribution in [-0.2, 0) is 20.6 Å². The Morgan fingerprint density at radius 2 is 2.25 bits per heavy atom. The summed E-state index contributed by atoms with van der Waals surface area (Å²) in [6.07, 6.45) is 1.93. The molecule has 1 aliphatic rings. The molecule has 2 heterocycles. The van der Waals surface area contributed by atoms with E-state index in [2.05, 4.69) is 4.98 Å². The van der Waals surface area contributed by atoms with Crippen molar-refractivity contribution in [3.8, 4) is 0 Å².